The van der Waals surface area contributed by atoms with Crippen LogP contribution in [0.3, 0.4) is 0 Å². The van der Waals surface area contributed by atoms with Gasteiger partial charge in [-0.25, -0.2) is 0 Å². The van der Waals surface area contributed by atoms with E-state index in [1.165, 1.54) is 5.56 Å². The summed E-state index contributed by atoms with van der Waals surface area (Å²) in [6, 6.07) is 17.8. The van der Waals surface area contributed by atoms with Crippen molar-refractivity contribution in [3.05, 3.63) is 60.2 Å². The summed E-state index contributed by atoms with van der Waals surface area (Å²) in [5.41, 5.74) is 1.18. The minimum absolute atomic E-state index is 0.163. The SMILES string of the molecule is CNC(NC)c1ccc(Oc2ccccc2)cc1. The Morgan fingerprint density at radius 3 is 1.89 bits per heavy atom. The molecule has 0 spiro atoms. The highest BCUT2D eigenvalue weighted by Crippen LogP contribution is 2.22. The highest BCUT2D eigenvalue weighted by Gasteiger charge is 2.05. The first kappa shape index (κ1) is 12.6. The monoisotopic (exact) mass is 242 g/mol. The molecule has 0 heterocycles. The van der Waals surface area contributed by atoms with Crippen LogP contribution in [0.2, 0.25) is 0 Å². The van der Waals surface area contributed by atoms with Crippen LogP contribution >= 0.6 is 0 Å². The topological polar surface area (TPSA) is 33.3 Å². The Morgan fingerprint density at radius 2 is 1.33 bits per heavy atom. The molecule has 0 atom stereocenters. The number of benzene rings is 2. The lowest BCUT2D eigenvalue weighted by molar-refractivity contribution is 0.480. The molecule has 2 rings (SSSR count). The van der Waals surface area contributed by atoms with E-state index in [0.717, 1.165) is 11.5 Å². The number of rotatable bonds is 5. The predicted molar refractivity (Wildman–Crippen MR) is 73.8 cm³/mol. The molecule has 94 valence electrons. The molecule has 3 nitrogen and oxygen atoms in total. The fourth-order valence-corrected chi connectivity index (χ4v) is 1.83. The minimum Gasteiger partial charge on any atom is -0.457 e. The van der Waals surface area contributed by atoms with E-state index in [4.69, 9.17) is 4.74 Å². The molecule has 18 heavy (non-hydrogen) atoms. The lowest BCUT2D eigenvalue weighted by Gasteiger charge is -2.15. The smallest absolute Gasteiger partial charge is 0.127 e. The van der Waals surface area contributed by atoms with Gasteiger partial charge in [0.25, 0.3) is 0 Å². The van der Waals surface area contributed by atoms with Crippen LogP contribution in [-0.4, -0.2) is 14.1 Å². The summed E-state index contributed by atoms with van der Waals surface area (Å²) in [5, 5.41) is 6.37. The van der Waals surface area contributed by atoms with Crippen LogP contribution in [0.15, 0.2) is 54.6 Å². The van der Waals surface area contributed by atoms with Crippen molar-refractivity contribution >= 4 is 0 Å². The zero-order valence-corrected chi connectivity index (χ0v) is 10.7. The molecule has 0 aromatic heterocycles. The highest BCUT2D eigenvalue weighted by molar-refractivity contribution is 5.33. The standard InChI is InChI=1S/C15H18N2O/c1-16-15(17-2)12-8-10-14(11-9-12)18-13-6-4-3-5-7-13/h3-11,15-17H,1-2H3. The van der Waals surface area contributed by atoms with Gasteiger partial charge >= 0.3 is 0 Å². The summed E-state index contributed by atoms with van der Waals surface area (Å²) < 4.78 is 5.74. The molecular formula is C15H18N2O. The third-order valence-electron chi connectivity index (χ3n) is 2.77. The first-order valence-corrected chi connectivity index (χ1v) is 6.01. The number of ether oxygens (including phenoxy) is 1. The Labute approximate surface area is 108 Å². The van der Waals surface area contributed by atoms with Crippen LogP contribution in [-0.2, 0) is 0 Å². The second-order valence-electron chi connectivity index (χ2n) is 3.99. The van der Waals surface area contributed by atoms with Crippen LogP contribution in [0, 0.1) is 0 Å². The van der Waals surface area contributed by atoms with Gasteiger partial charge in [0.05, 0.1) is 6.17 Å². The molecule has 0 saturated carbocycles. The number of hydrogen-bond donors (Lipinski definition) is 2. The van der Waals surface area contributed by atoms with Crippen LogP contribution in [0.5, 0.6) is 11.5 Å². The zero-order valence-electron chi connectivity index (χ0n) is 10.7. The first-order chi connectivity index (χ1) is 8.83. The van der Waals surface area contributed by atoms with E-state index in [2.05, 4.69) is 22.8 Å². The van der Waals surface area contributed by atoms with Crippen molar-refractivity contribution in [3.63, 3.8) is 0 Å². The third kappa shape index (κ3) is 3.09. The normalized spacial score (nSPS) is 10.6. The van der Waals surface area contributed by atoms with E-state index in [9.17, 15) is 0 Å². The Balaban J connectivity index is 2.08. The largest absolute Gasteiger partial charge is 0.457 e. The summed E-state index contributed by atoms with van der Waals surface area (Å²) in [6.07, 6.45) is 0.163. The van der Waals surface area contributed by atoms with Gasteiger partial charge in [-0.2, -0.15) is 0 Å². The maximum absolute atomic E-state index is 5.74. The second kappa shape index (κ2) is 6.19. The van der Waals surface area contributed by atoms with Crippen molar-refractivity contribution in [3.8, 4) is 11.5 Å². The molecule has 2 aromatic carbocycles. The molecule has 0 radical (unpaired) electrons. The molecule has 2 aromatic rings. The van der Waals surface area contributed by atoms with Gasteiger partial charge in [0, 0.05) is 0 Å². The van der Waals surface area contributed by atoms with Gasteiger partial charge in [0.15, 0.2) is 0 Å². The molecule has 0 saturated heterocycles. The number of nitrogens with one attached hydrogen (secondary N) is 2. The quantitative estimate of drug-likeness (QED) is 0.791. The maximum Gasteiger partial charge on any atom is 0.127 e. The van der Waals surface area contributed by atoms with Gasteiger partial charge in [-0.05, 0) is 43.9 Å². The van der Waals surface area contributed by atoms with E-state index in [0.29, 0.717) is 0 Å². The maximum atomic E-state index is 5.74. The molecule has 0 aliphatic carbocycles. The lowest BCUT2D eigenvalue weighted by Crippen LogP contribution is -2.28. The zero-order chi connectivity index (χ0) is 12.8. The van der Waals surface area contributed by atoms with Crippen LogP contribution < -0.4 is 15.4 Å². The Hall–Kier alpha value is -1.84. The van der Waals surface area contributed by atoms with Crippen molar-refractivity contribution in [2.75, 3.05) is 14.1 Å². The summed E-state index contributed by atoms with van der Waals surface area (Å²) in [4.78, 5) is 0. The van der Waals surface area contributed by atoms with Gasteiger partial charge in [-0.3, -0.25) is 0 Å². The average Bonchev–Trinajstić information content (AvgIpc) is 2.43. The van der Waals surface area contributed by atoms with Crippen molar-refractivity contribution in [2.45, 2.75) is 6.17 Å². The molecule has 2 N–H and O–H groups in total. The van der Waals surface area contributed by atoms with E-state index >= 15 is 0 Å². The van der Waals surface area contributed by atoms with E-state index in [-0.39, 0.29) is 6.17 Å². The van der Waals surface area contributed by atoms with Gasteiger partial charge < -0.3 is 15.4 Å². The molecule has 0 bridgehead atoms. The summed E-state index contributed by atoms with van der Waals surface area (Å²) >= 11 is 0. The van der Waals surface area contributed by atoms with E-state index in [1.807, 2.05) is 56.6 Å². The van der Waals surface area contributed by atoms with Crippen molar-refractivity contribution in [2.24, 2.45) is 0 Å². The molecule has 0 amide bonds. The molecule has 0 aliphatic heterocycles. The van der Waals surface area contributed by atoms with Crippen molar-refractivity contribution < 1.29 is 4.74 Å². The highest BCUT2D eigenvalue weighted by atomic mass is 16.5. The summed E-state index contributed by atoms with van der Waals surface area (Å²) in [7, 11) is 3.85. The fourth-order valence-electron chi connectivity index (χ4n) is 1.83. The minimum atomic E-state index is 0.163. The summed E-state index contributed by atoms with van der Waals surface area (Å²) in [5.74, 6) is 1.69. The Morgan fingerprint density at radius 1 is 0.778 bits per heavy atom. The van der Waals surface area contributed by atoms with Gasteiger partial charge in [0.2, 0.25) is 0 Å². The third-order valence-corrected chi connectivity index (χ3v) is 2.77. The molecule has 0 aliphatic rings. The summed E-state index contributed by atoms with van der Waals surface area (Å²) in [6.45, 7) is 0. The van der Waals surface area contributed by atoms with Gasteiger partial charge in [-0.1, -0.05) is 30.3 Å². The Kier molecular flexibility index (Phi) is 4.34. The van der Waals surface area contributed by atoms with Gasteiger partial charge in [-0.15, -0.1) is 0 Å². The van der Waals surface area contributed by atoms with E-state index < -0.39 is 0 Å². The van der Waals surface area contributed by atoms with Crippen LogP contribution in [0.25, 0.3) is 0 Å². The van der Waals surface area contributed by atoms with E-state index in [1.54, 1.807) is 0 Å². The van der Waals surface area contributed by atoms with Gasteiger partial charge in [0.1, 0.15) is 11.5 Å². The number of para-hydroxylation sites is 1. The molecule has 0 fully saturated rings. The lowest BCUT2D eigenvalue weighted by atomic mass is 10.1. The van der Waals surface area contributed by atoms with Crippen LogP contribution in [0.1, 0.15) is 11.7 Å². The van der Waals surface area contributed by atoms with Crippen molar-refractivity contribution in [1.29, 1.82) is 0 Å². The average molecular weight is 242 g/mol. The molecule has 0 unspecified atom stereocenters. The fraction of sp³-hybridized carbons (Fsp3) is 0.200. The molecule has 3 heteroatoms. The second-order valence-corrected chi connectivity index (χ2v) is 3.99. The predicted octanol–water partition coefficient (Wildman–Crippen LogP) is 2.92. The Bertz CT molecular complexity index is 464. The number of hydrogen-bond acceptors (Lipinski definition) is 3. The molecular weight excluding hydrogens is 224 g/mol. The first-order valence-electron chi connectivity index (χ1n) is 6.01. The van der Waals surface area contributed by atoms with Crippen LogP contribution in [0.4, 0.5) is 0 Å². The van der Waals surface area contributed by atoms with Crippen molar-refractivity contribution in [1.82, 2.24) is 10.6 Å².